The van der Waals surface area contributed by atoms with Gasteiger partial charge in [0.25, 0.3) is 0 Å². The molecule has 0 amide bonds. The van der Waals surface area contributed by atoms with E-state index >= 15 is 0 Å². The van der Waals surface area contributed by atoms with Gasteiger partial charge in [0.1, 0.15) is 5.75 Å². The first-order valence-corrected chi connectivity index (χ1v) is 8.93. The highest BCUT2D eigenvalue weighted by Gasteiger charge is 2.18. The molecule has 1 aliphatic carbocycles. The minimum Gasteiger partial charge on any atom is -0.489 e. The van der Waals surface area contributed by atoms with Crippen LogP contribution in [0, 0.1) is 0 Å². The molecule has 1 fully saturated rings. The summed E-state index contributed by atoms with van der Waals surface area (Å²) in [7, 11) is 0. The Morgan fingerprint density at radius 1 is 1.33 bits per heavy atom. The van der Waals surface area contributed by atoms with Crippen molar-refractivity contribution in [3.63, 3.8) is 0 Å². The summed E-state index contributed by atoms with van der Waals surface area (Å²) in [6, 6.07) is 2.17. The number of aromatic nitrogens is 1. The molecule has 1 aromatic heterocycles. The van der Waals surface area contributed by atoms with E-state index in [9.17, 15) is 0 Å². The van der Waals surface area contributed by atoms with Crippen molar-refractivity contribution in [2.45, 2.75) is 63.3 Å². The predicted octanol–water partition coefficient (Wildman–Crippen LogP) is 3.44. The Labute approximate surface area is 132 Å². The van der Waals surface area contributed by atoms with Crippen LogP contribution in [-0.4, -0.2) is 22.1 Å². The van der Waals surface area contributed by atoms with Gasteiger partial charge in [-0.15, -0.1) is 0 Å². The van der Waals surface area contributed by atoms with Crippen molar-refractivity contribution in [2.75, 3.05) is 5.75 Å². The molecule has 2 rings (SSSR count). The molecule has 1 aliphatic rings. The fraction of sp³-hybridized carbons (Fsp3) is 0.688. The molecule has 0 aliphatic heterocycles. The van der Waals surface area contributed by atoms with E-state index in [1.807, 2.05) is 37.9 Å². The van der Waals surface area contributed by atoms with Crippen LogP contribution in [0.15, 0.2) is 18.5 Å². The first-order chi connectivity index (χ1) is 10.2. The quantitative estimate of drug-likeness (QED) is 0.597. The van der Waals surface area contributed by atoms with Crippen LogP contribution >= 0.6 is 11.8 Å². The maximum atomic E-state index is 5.74. The summed E-state index contributed by atoms with van der Waals surface area (Å²) in [4.78, 5) is 4.27. The summed E-state index contributed by atoms with van der Waals surface area (Å²) < 4.78 is 5.71. The summed E-state index contributed by atoms with van der Waals surface area (Å²) in [6.07, 6.45) is 10.6. The average Bonchev–Trinajstić information content (AvgIpc) is 2.49. The van der Waals surface area contributed by atoms with Crippen molar-refractivity contribution in [2.24, 2.45) is 5.84 Å². The second-order valence-electron chi connectivity index (χ2n) is 5.93. The molecule has 0 spiro atoms. The van der Waals surface area contributed by atoms with E-state index in [1.165, 1.54) is 32.1 Å². The number of pyridine rings is 1. The molecule has 21 heavy (non-hydrogen) atoms. The van der Waals surface area contributed by atoms with Crippen LogP contribution in [-0.2, 0) is 0 Å². The maximum absolute atomic E-state index is 5.74. The van der Waals surface area contributed by atoms with Crippen LogP contribution in [0.1, 0.15) is 57.6 Å². The monoisotopic (exact) mass is 309 g/mol. The lowest BCUT2D eigenvalue weighted by molar-refractivity contribution is 0.241. The molecule has 1 unspecified atom stereocenters. The van der Waals surface area contributed by atoms with Crippen LogP contribution < -0.4 is 16.0 Å². The molecular weight excluding hydrogens is 282 g/mol. The first-order valence-electron chi connectivity index (χ1n) is 7.88. The Morgan fingerprint density at radius 3 is 2.76 bits per heavy atom. The SMILES string of the molecule is CC(C)Oc1cncc(C(CSC2CCCCC2)NN)c1. The highest BCUT2D eigenvalue weighted by Crippen LogP contribution is 2.31. The van der Waals surface area contributed by atoms with E-state index in [-0.39, 0.29) is 12.1 Å². The van der Waals surface area contributed by atoms with Gasteiger partial charge in [-0.3, -0.25) is 16.3 Å². The minimum absolute atomic E-state index is 0.125. The van der Waals surface area contributed by atoms with Gasteiger partial charge in [-0.25, -0.2) is 0 Å². The second-order valence-corrected chi connectivity index (χ2v) is 7.27. The largest absolute Gasteiger partial charge is 0.489 e. The molecule has 3 N–H and O–H groups in total. The van der Waals surface area contributed by atoms with Gasteiger partial charge in [0.15, 0.2) is 0 Å². The highest BCUT2D eigenvalue weighted by molar-refractivity contribution is 7.99. The number of nitrogens with one attached hydrogen (secondary N) is 1. The fourth-order valence-electron chi connectivity index (χ4n) is 2.67. The molecule has 0 aromatic carbocycles. The van der Waals surface area contributed by atoms with E-state index in [0.717, 1.165) is 22.3 Å². The van der Waals surface area contributed by atoms with Crippen molar-refractivity contribution in [3.05, 3.63) is 24.0 Å². The van der Waals surface area contributed by atoms with Gasteiger partial charge in [-0.1, -0.05) is 19.3 Å². The zero-order valence-corrected chi connectivity index (χ0v) is 13.9. The zero-order valence-electron chi connectivity index (χ0n) is 13.0. The number of thioether (sulfide) groups is 1. The minimum atomic E-state index is 0.125. The van der Waals surface area contributed by atoms with Crippen LogP contribution in [0.4, 0.5) is 0 Å². The first kappa shape index (κ1) is 16.6. The average molecular weight is 309 g/mol. The third-order valence-corrected chi connectivity index (χ3v) is 5.23. The number of nitrogens with two attached hydrogens (primary N) is 1. The lowest BCUT2D eigenvalue weighted by Crippen LogP contribution is -2.30. The number of nitrogens with zero attached hydrogens (tertiary/aromatic N) is 1. The molecule has 1 atom stereocenters. The summed E-state index contributed by atoms with van der Waals surface area (Å²) in [5.41, 5.74) is 4.02. The lowest BCUT2D eigenvalue weighted by atomic mass is 10.0. The van der Waals surface area contributed by atoms with Gasteiger partial charge < -0.3 is 4.74 Å². The van der Waals surface area contributed by atoms with Crippen molar-refractivity contribution in [1.82, 2.24) is 10.4 Å². The van der Waals surface area contributed by atoms with Gasteiger partial charge in [-0.2, -0.15) is 11.8 Å². The molecule has 1 aromatic rings. The van der Waals surface area contributed by atoms with E-state index < -0.39 is 0 Å². The Kier molecular flexibility index (Phi) is 6.80. The van der Waals surface area contributed by atoms with Crippen LogP contribution in [0.5, 0.6) is 5.75 Å². The second kappa shape index (κ2) is 8.61. The van der Waals surface area contributed by atoms with Crippen molar-refractivity contribution in [3.8, 4) is 5.75 Å². The molecule has 0 radical (unpaired) electrons. The van der Waals surface area contributed by atoms with Gasteiger partial charge in [0.05, 0.1) is 18.3 Å². The summed E-state index contributed by atoms with van der Waals surface area (Å²) in [6.45, 7) is 4.04. The van der Waals surface area contributed by atoms with Crippen molar-refractivity contribution in [1.29, 1.82) is 0 Å². The Balaban J connectivity index is 1.92. The smallest absolute Gasteiger partial charge is 0.138 e. The number of hydrogen-bond donors (Lipinski definition) is 2. The Hall–Kier alpha value is -0.780. The molecular formula is C16H27N3OS. The molecule has 4 nitrogen and oxygen atoms in total. The lowest BCUT2D eigenvalue weighted by Gasteiger charge is -2.24. The number of hydrazine groups is 1. The summed E-state index contributed by atoms with van der Waals surface area (Å²) in [5, 5.41) is 0.789. The normalized spacial score (nSPS) is 17.9. The molecule has 118 valence electrons. The number of ether oxygens (including phenoxy) is 1. The predicted molar refractivity (Wildman–Crippen MR) is 89.4 cm³/mol. The fourth-order valence-corrected chi connectivity index (χ4v) is 4.09. The van der Waals surface area contributed by atoms with Gasteiger partial charge in [-0.05, 0) is 38.3 Å². The zero-order chi connectivity index (χ0) is 15.1. The van der Waals surface area contributed by atoms with Crippen LogP contribution in [0.3, 0.4) is 0 Å². The molecule has 1 saturated carbocycles. The van der Waals surface area contributed by atoms with Gasteiger partial charge in [0, 0.05) is 17.2 Å². The Morgan fingerprint density at radius 2 is 2.10 bits per heavy atom. The Bertz CT molecular complexity index is 422. The van der Waals surface area contributed by atoms with Crippen molar-refractivity contribution >= 4 is 11.8 Å². The highest BCUT2D eigenvalue weighted by atomic mass is 32.2. The maximum Gasteiger partial charge on any atom is 0.138 e. The number of hydrogen-bond acceptors (Lipinski definition) is 5. The molecule has 1 heterocycles. The summed E-state index contributed by atoms with van der Waals surface area (Å²) >= 11 is 2.03. The van der Waals surface area contributed by atoms with Gasteiger partial charge >= 0.3 is 0 Å². The molecule has 5 heteroatoms. The van der Waals surface area contributed by atoms with E-state index in [2.05, 4.69) is 10.4 Å². The summed E-state index contributed by atoms with van der Waals surface area (Å²) in [5.74, 6) is 7.53. The van der Waals surface area contributed by atoms with Crippen molar-refractivity contribution < 1.29 is 4.74 Å². The van der Waals surface area contributed by atoms with Gasteiger partial charge in [0.2, 0.25) is 0 Å². The third kappa shape index (κ3) is 5.49. The van der Waals surface area contributed by atoms with E-state index in [1.54, 1.807) is 6.20 Å². The third-order valence-electron chi connectivity index (χ3n) is 3.76. The van der Waals surface area contributed by atoms with Crippen LogP contribution in [0.25, 0.3) is 0 Å². The van der Waals surface area contributed by atoms with E-state index in [0.29, 0.717) is 0 Å². The molecule has 0 bridgehead atoms. The van der Waals surface area contributed by atoms with E-state index in [4.69, 9.17) is 10.6 Å². The molecule has 0 saturated heterocycles. The number of rotatable bonds is 7. The standard InChI is InChI=1S/C16H27N3OS/c1-12(2)20-14-8-13(9-18-10-14)16(19-17)11-21-15-6-4-3-5-7-15/h8-10,12,15-16,19H,3-7,11,17H2,1-2H3. The van der Waals surface area contributed by atoms with Crippen LogP contribution in [0.2, 0.25) is 0 Å². The topological polar surface area (TPSA) is 60.2 Å².